The van der Waals surface area contributed by atoms with Gasteiger partial charge in [-0.15, -0.1) is 5.10 Å². The summed E-state index contributed by atoms with van der Waals surface area (Å²) in [7, 11) is 0. The first-order valence-electron chi connectivity index (χ1n) is 7.80. The molecule has 10 heteroatoms. The van der Waals surface area contributed by atoms with Gasteiger partial charge in [-0.1, -0.05) is 11.8 Å². The van der Waals surface area contributed by atoms with E-state index in [4.69, 9.17) is 5.73 Å². The van der Waals surface area contributed by atoms with Crippen molar-refractivity contribution in [3.05, 3.63) is 64.3 Å². The van der Waals surface area contributed by atoms with Gasteiger partial charge in [0.1, 0.15) is 17.2 Å². The van der Waals surface area contributed by atoms with E-state index in [-0.39, 0.29) is 17.2 Å². The molecule has 4 rings (SSSR count). The number of nitrogen functional groups attached to an aromatic ring is 1. The van der Waals surface area contributed by atoms with Gasteiger partial charge in [0.2, 0.25) is 5.95 Å². The van der Waals surface area contributed by atoms with Crippen LogP contribution in [0.3, 0.4) is 0 Å². The smallest absolute Gasteiger partial charge is 0.297 e. The van der Waals surface area contributed by atoms with E-state index >= 15 is 0 Å². The number of nitrogens with zero attached hydrogens (tertiary/aromatic N) is 4. The molecule has 1 aromatic carbocycles. The Morgan fingerprint density at radius 3 is 2.67 bits per heavy atom. The van der Waals surface area contributed by atoms with E-state index in [1.54, 1.807) is 18.4 Å². The van der Waals surface area contributed by atoms with Crippen molar-refractivity contribution in [2.45, 2.75) is 5.16 Å². The highest BCUT2D eigenvalue weighted by atomic mass is 32.2. The van der Waals surface area contributed by atoms with E-state index in [1.165, 1.54) is 46.7 Å². The molecule has 0 saturated heterocycles. The van der Waals surface area contributed by atoms with Crippen LogP contribution in [0.1, 0.15) is 10.5 Å². The predicted octanol–water partition coefficient (Wildman–Crippen LogP) is 2.04. The first-order chi connectivity index (χ1) is 13.0. The lowest BCUT2D eigenvalue weighted by atomic mass is 10.2. The summed E-state index contributed by atoms with van der Waals surface area (Å²) in [6, 6.07) is 10.1. The second kappa shape index (κ2) is 6.40. The van der Waals surface area contributed by atoms with Crippen molar-refractivity contribution in [3.8, 4) is 5.69 Å². The molecule has 8 nitrogen and oxygen atoms in total. The lowest BCUT2D eigenvalue weighted by Crippen LogP contribution is -2.18. The van der Waals surface area contributed by atoms with Gasteiger partial charge in [0.05, 0.1) is 5.69 Å². The number of thioether (sulfide) groups is 1. The van der Waals surface area contributed by atoms with E-state index in [0.717, 1.165) is 4.68 Å². The highest BCUT2D eigenvalue weighted by molar-refractivity contribution is 7.98. The summed E-state index contributed by atoms with van der Waals surface area (Å²) in [5.41, 5.74) is 6.37. The molecular weight excluding hydrogens is 371 g/mol. The van der Waals surface area contributed by atoms with E-state index in [2.05, 4.69) is 15.1 Å². The van der Waals surface area contributed by atoms with E-state index in [1.807, 2.05) is 0 Å². The zero-order valence-electron chi connectivity index (χ0n) is 14.0. The Morgan fingerprint density at radius 2 is 1.96 bits per heavy atom. The molecular formula is C17H13FN6O2S. The van der Waals surface area contributed by atoms with Crippen molar-refractivity contribution in [1.29, 1.82) is 0 Å². The number of aromatic nitrogens is 5. The van der Waals surface area contributed by atoms with Crippen molar-refractivity contribution in [3.63, 3.8) is 0 Å². The number of pyridine rings is 1. The van der Waals surface area contributed by atoms with Gasteiger partial charge in [-0.25, -0.2) is 4.39 Å². The second-order valence-electron chi connectivity index (χ2n) is 5.64. The molecule has 0 amide bonds. The molecule has 0 atom stereocenters. The number of aromatic amines is 1. The number of fused-ring (bicyclic) bond motifs is 1. The molecule has 4 aromatic rings. The van der Waals surface area contributed by atoms with Gasteiger partial charge >= 0.3 is 0 Å². The van der Waals surface area contributed by atoms with Crippen LogP contribution < -0.4 is 11.3 Å². The quantitative estimate of drug-likeness (QED) is 0.523. The number of H-pyrrole nitrogens is 1. The van der Waals surface area contributed by atoms with Crippen LogP contribution in [-0.2, 0) is 0 Å². The minimum Gasteiger partial charge on any atom is -0.366 e. The van der Waals surface area contributed by atoms with E-state index in [9.17, 15) is 14.0 Å². The van der Waals surface area contributed by atoms with Crippen LogP contribution in [0.15, 0.2) is 52.4 Å². The molecule has 0 radical (unpaired) electrons. The van der Waals surface area contributed by atoms with Crippen LogP contribution in [0.2, 0.25) is 0 Å². The van der Waals surface area contributed by atoms with Gasteiger partial charge < -0.3 is 10.7 Å². The van der Waals surface area contributed by atoms with Crippen molar-refractivity contribution < 1.29 is 9.18 Å². The van der Waals surface area contributed by atoms with Crippen LogP contribution in [-0.4, -0.2) is 36.5 Å². The molecule has 27 heavy (non-hydrogen) atoms. The maximum atomic E-state index is 13.2. The Labute approximate surface area is 155 Å². The summed E-state index contributed by atoms with van der Waals surface area (Å²) in [5.74, 6) is -0.875. The Morgan fingerprint density at radius 1 is 1.22 bits per heavy atom. The molecule has 0 unspecified atom stereocenters. The van der Waals surface area contributed by atoms with Gasteiger partial charge in [-0.2, -0.15) is 9.67 Å². The van der Waals surface area contributed by atoms with E-state index in [0.29, 0.717) is 21.9 Å². The Balaban J connectivity index is 1.88. The summed E-state index contributed by atoms with van der Waals surface area (Å²) in [6.45, 7) is 0. The number of halogens is 1. The van der Waals surface area contributed by atoms with Crippen molar-refractivity contribution in [1.82, 2.24) is 24.3 Å². The highest BCUT2D eigenvalue weighted by Gasteiger charge is 2.19. The van der Waals surface area contributed by atoms with Crippen LogP contribution >= 0.6 is 11.8 Å². The van der Waals surface area contributed by atoms with Gasteiger partial charge in [-0.3, -0.25) is 14.2 Å². The second-order valence-corrected chi connectivity index (χ2v) is 6.42. The maximum absolute atomic E-state index is 13.2. The predicted molar refractivity (Wildman–Crippen MR) is 99.8 cm³/mol. The maximum Gasteiger partial charge on any atom is 0.297 e. The third-order valence-corrected chi connectivity index (χ3v) is 4.59. The first-order valence-corrected chi connectivity index (χ1v) is 9.02. The van der Waals surface area contributed by atoms with Crippen LogP contribution in [0.4, 0.5) is 10.3 Å². The topological polar surface area (TPSA) is 112 Å². The highest BCUT2D eigenvalue weighted by Crippen LogP contribution is 2.20. The lowest BCUT2D eigenvalue weighted by Gasteiger charge is -2.07. The summed E-state index contributed by atoms with van der Waals surface area (Å²) >= 11 is 1.23. The molecule has 0 spiro atoms. The largest absolute Gasteiger partial charge is 0.366 e. The number of carbonyl (C=O) groups is 1. The summed E-state index contributed by atoms with van der Waals surface area (Å²) in [6.07, 6.45) is 1.75. The minimum atomic E-state index is -0.460. The fourth-order valence-electron chi connectivity index (χ4n) is 2.77. The van der Waals surface area contributed by atoms with Crippen LogP contribution in [0.25, 0.3) is 16.7 Å². The number of carbonyl (C=O) groups excluding carboxylic acids is 1. The molecule has 0 aliphatic heterocycles. The normalized spacial score (nSPS) is 11.2. The summed E-state index contributed by atoms with van der Waals surface area (Å²) in [4.78, 5) is 32.1. The zero-order valence-corrected chi connectivity index (χ0v) is 14.8. The molecule has 0 aliphatic rings. The molecule has 0 aliphatic carbocycles. The number of anilines is 1. The number of nitrogens with one attached hydrogen (secondary N) is 1. The Kier molecular flexibility index (Phi) is 4.04. The minimum absolute atomic E-state index is 0.00738. The molecule has 3 N–H and O–H groups in total. The molecule has 0 saturated carbocycles. The number of hydrogen-bond donors (Lipinski definition) is 2. The van der Waals surface area contributed by atoms with Crippen LogP contribution in [0, 0.1) is 5.82 Å². The fourth-order valence-corrected chi connectivity index (χ4v) is 3.25. The van der Waals surface area contributed by atoms with Crippen molar-refractivity contribution >= 4 is 34.7 Å². The molecule has 0 fully saturated rings. The van der Waals surface area contributed by atoms with Crippen molar-refractivity contribution in [2.24, 2.45) is 0 Å². The zero-order chi connectivity index (χ0) is 19.1. The SMILES string of the molecule is CSc1nc(N)nn1C(=O)c1cc2ccc(=O)n(-c3ccc(F)cc3)c2[nH]1. The van der Waals surface area contributed by atoms with Gasteiger partial charge in [0, 0.05) is 11.5 Å². The molecule has 0 bridgehead atoms. The lowest BCUT2D eigenvalue weighted by molar-refractivity contribution is 0.0929. The fraction of sp³-hybridized carbons (Fsp3) is 0.0588. The summed E-state index contributed by atoms with van der Waals surface area (Å²) in [5, 5.41) is 4.91. The molecule has 3 heterocycles. The average Bonchev–Trinajstić information content (AvgIpc) is 3.25. The van der Waals surface area contributed by atoms with Crippen molar-refractivity contribution in [2.75, 3.05) is 12.0 Å². The Bertz CT molecular complexity index is 1220. The molecule has 136 valence electrons. The summed E-state index contributed by atoms with van der Waals surface area (Å²) < 4.78 is 15.7. The van der Waals surface area contributed by atoms with Gasteiger partial charge in [0.15, 0.2) is 5.16 Å². The Hall–Kier alpha value is -3.40. The third-order valence-electron chi connectivity index (χ3n) is 3.96. The van der Waals surface area contributed by atoms with Gasteiger partial charge in [-0.05, 0) is 42.7 Å². The molecule has 3 aromatic heterocycles. The monoisotopic (exact) mass is 384 g/mol. The standard InChI is InChI=1S/C17H13FN6O2S/c1-27-17-21-16(19)22-24(17)15(26)12-8-9-2-7-13(25)23(14(9)20-12)11-5-3-10(18)4-6-11/h2-8,20H,1H3,(H2,19,22). The van der Waals surface area contributed by atoms with Gasteiger partial charge in [0.25, 0.3) is 11.5 Å². The third kappa shape index (κ3) is 2.89. The number of benzene rings is 1. The average molecular weight is 384 g/mol. The number of nitrogens with two attached hydrogens (primary N) is 1. The number of rotatable bonds is 3. The van der Waals surface area contributed by atoms with Crippen LogP contribution in [0.5, 0.6) is 0 Å². The first kappa shape index (κ1) is 17.0. The van der Waals surface area contributed by atoms with E-state index < -0.39 is 11.7 Å². The number of hydrogen-bond acceptors (Lipinski definition) is 6.